The predicted octanol–water partition coefficient (Wildman–Crippen LogP) is 2.49. The Morgan fingerprint density at radius 3 is 2.58 bits per heavy atom. The molecule has 12 heavy (non-hydrogen) atoms. The maximum Gasteiger partial charge on any atom is 0.298 e. The van der Waals surface area contributed by atoms with Crippen molar-refractivity contribution < 1.29 is 9.53 Å². The summed E-state index contributed by atoms with van der Waals surface area (Å²) in [6.45, 7) is 4.16. The first-order valence-electron chi connectivity index (χ1n) is 3.52. The standard InChI is InChI=1S/C9H9ClO2/c1-6-3-7(2)9(12-5-11)8(10)4-6/h3-5H,1-2H3. The molecule has 0 N–H and O–H groups in total. The highest BCUT2D eigenvalue weighted by Gasteiger charge is 2.05. The van der Waals surface area contributed by atoms with Crippen molar-refractivity contribution in [2.75, 3.05) is 0 Å². The van der Waals surface area contributed by atoms with Crippen LogP contribution in [0.1, 0.15) is 11.1 Å². The summed E-state index contributed by atoms with van der Waals surface area (Å²) in [6, 6.07) is 3.66. The van der Waals surface area contributed by atoms with Gasteiger partial charge < -0.3 is 4.74 Å². The normalized spacial score (nSPS) is 9.58. The second-order valence-corrected chi connectivity index (χ2v) is 3.01. The highest BCUT2D eigenvalue weighted by atomic mass is 35.5. The van der Waals surface area contributed by atoms with E-state index in [4.69, 9.17) is 16.3 Å². The van der Waals surface area contributed by atoms with E-state index >= 15 is 0 Å². The molecule has 0 saturated heterocycles. The van der Waals surface area contributed by atoms with Crippen LogP contribution < -0.4 is 4.74 Å². The van der Waals surface area contributed by atoms with Gasteiger partial charge in [-0.3, -0.25) is 4.79 Å². The highest BCUT2D eigenvalue weighted by Crippen LogP contribution is 2.29. The Bertz CT molecular complexity index is 284. The smallest absolute Gasteiger partial charge is 0.298 e. The Labute approximate surface area is 76.1 Å². The van der Waals surface area contributed by atoms with Gasteiger partial charge in [-0.05, 0) is 31.0 Å². The Kier molecular flexibility index (Phi) is 2.71. The Morgan fingerprint density at radius 2 is 2.08 bits per heavy atom. The third-order valence-electron chi connectivity index (χ3n) is 1.54. The van der Waals surface area contributed by atoms with Crippen LogP contribution in [-0.2, 0) is 4.79 Å². The first kappa shape index (κ1) is 9.07. The molecule has 0 aliphatic carbocycles. The van der Waals surface area contributed by atoms with E-state index in [1.807, 2.05) is 19.9 Å². The molecule has 0 radical (unpaired) electrons. The van der Waals surface area contributed by atoms with E-state index in [1.165, 1.54) is 0 Å². The van der Waals surface area contributed by atoms with Crippen molar-refractivity contribution >= 4 is 18.1 Å². The molecule has 0 aromatic heterocycles. The summed E-state index contributed by atoms with van der Waals surface area (Å²) in [5, 5.41) is 0.472. The number of halogens is 1. The summed E-state index contributed by atoms with van der Waals surface area (Å²) in [5.41, 5.74) is 1.92. The molecule has 0 aliphatic rings. The van der Waals surface area contributed by atoms with Crippen LogP contribution in [-0.4, -0.2) is 6.47 Å². The fourth-order valence-corrected chi connectivity index (χ4v) is 1.47. The van der Waals surface area contributed by atoms with Crippen LogP contribution in [0.4, 0.5) is 0 Å². The largest absolute Gasteiger partial charge is 0.427 e. The Balaban J connectivity index is 3.18. The maximum absolute atomic E-state index is 10.1. The van der Waals surface area contributed by atoms with Crippen molar-refractivity contribution in [3.63, 3.8) is 0 Å². The molecule has 0 atom stereocenters. The van der Waals surface area contributed by atoms with Gasteiger partial charge in [-0.25, -0.2) is 0 Å². The van der Waals surface area contributed by atoms with Gasteiger partial charge in [0, 0.05) is 0 Å². The minimum Gasteiger partial charge on any atom is -0.427 e. The van der Waals surface area contributed by atoms with E-state index in [1.54, 1.807) is 6.07 Å². The average Bonchev–Trinajstić information content (AvgIpc) is 1.96. The fraction of sp³-hybridized carbons (Fsp3) is 0.222. The van der Waals surface area contributed by atoms with Gasteiger partial charge in [-0.15, -0.1) is 0 Å². The molecule has 0 amide bonds. The molecule has 0 saturated carbocycles. The van der Waals surface area contributed by atoms with Crippen LogP contribution in [0.5, 0.6) is 5.75 Å². The molecule has 0 fully saturated rings. The van der Waals surface area contributed by atoms with Gasteiger partial charge in [-0.1, -0.05) is 17.7 Å². The van der Waals surface area contributed by atoms with Crippen molar-refractivity contribution in [2.24, 2.45) is 0 Å². The van der Waals surface area contributed by atoms with Crippen LogP contribution in [0.25, 0.3) is 0 Å². The van der Waals surface area contributed by atoms with Gasteiger partial charge in [0.2, 0.25) is 0 Å². The summed E-state index contributed by atoms with van der Waals surface area (Å²) in [4.78, 5) is 10.1. The lowest BCUT2D eigenvalue weighted by Crippen LogP contribution is -1.93. The van der Waals surface area contributed by atoms with E-state index in [0.717, 1.165) is 11.1 Å². The number of aryl methyl sites for hydroxylation is 2. The van der Waals surface area contributed by atoms with Crippen molar-refractivity contribution in [1.82, 2.24) is 0 Å². The zero-order valence-corrected chi connectivity index (χ0v) is 7.68. The maximum atomic E-state index is 10.1. The first-order chi connectivity index (χ1) is 5.65. The molecule has 3 heteroatoms. The van der Waals surface area contributed by atoms with Crippen LogP contribution in [0, 0.1) is 13.8 Å². The molecule has 0 bridgehead atoms. The molecule has 0 unspecified atom stereocenters. The van der Waals surface area contributed by atoms with Gasteiger partial charge in [0.15, 0.2) is 5.75 Å². The van der Waals surface area contributed by atoms with E-state index < -0.39 is 0 Å². The number of hydrogen-bond acceptors (Lipinski definition) is 2. The van der Waals surface area contributed by atoms with E-state index in [-0.39, 0.29) is 0 Å². The van der Waals surface area contributed by atoms with Crippen LogP contribution in [0.2, 0.25) is 5.02 Å². The summed E-state index contributed by atoms with van der Waals surface area (Å²) < 4.78 is 4.71. The number of carbonyl (C=O) groups excluding carboxylic acids is 1. The SMILES string of the molecule is Cc1cc(C)c(OC=O)c(Cl)c1. The molecule has 1 aromatic carbocycles. The van der Waals surface area contributed by atoms with E-state index in [9.17, 15) is 4.79 Å². The summed E-state index contributed by atoms with van der Waals surface area (Å²) in [7, 11) is 0. The Morgan fingerprint density at radius 1 is 1.42 bits per heavy atom. The average molecular weight is 185 g/mol. The second kappa shape index (κ2) is 3.59. The molecule has 2 nitrogen and oxygen atoms in total. The number of hydrogen-bond donors (Lipinski definition) is 0. The van der Waals surface area contributed by atoms with Crippen LogP contribution >= 0.6 is 11.6 Å². The lowest BCUT2D eigenvalue weighted by Gasteiger charge is -2.05. The highest BCUT2D eigenvalue weighted by molar-refractivity contribution is 6.32. The monoisotopic (exact) mass is 184 g/mol. The third-order valence-corrected chi connectivity index (χ3v) is 1.82. The summed E-state index contributed by atoms with van der Waals surface area (Å²) in [6.07, 6.45) is 0. The molecule has 1 rings (SSSR count). The molecular formula is C9H9ClO2. The fourth-order valence-electron chi connectivity index (χ4n) is 1.10. The quantitative estimate of drug-likeness (QED) is 0.661. The van der Waals surface area contributed by atoms with Crippen LogP contribution in [0.15, 0.2) is 12.1 Å². The number of ether oxygens (including phenoxy) is 1. The number of rotatable bonds is 2. The van der Waals surface area contributed by atoms with Crippen molar-refractivity contribution in [3.8, 4) is 5.75 Å². The summed E-state index contributed by atoms with van der Waals surface area (Å²) >= 11 is 5.83. The van der Waals surface area contributed by atoms with Crippen LogP contribution in [0.3, 0.4) is 0 Å². The third kappa shape index (κ3) is 1.77. The topological polar surface area (TPSA) is 26.3 Å². The molecule has 1 aromatic rings. The van der Waals surface area contributed by atoms with Gasteiger partial charge >= 0.3 is 0 Å². The zero-order valence-electron chi connectivity index (χ0n) is 6.93. The lowest BCUT2D eigenvalue weighted by molar-refractivity contribution is -0.120. The predicted molar refractivity (Wildman–Crippen MR) is 47.6 cm³/mol. The summed E-state index contributed by atoms with van der Waals surface area (Å²) in [5.74, 6) is 0.442. The number of carbonyl (C=O) groups is 1. The van der Waals surface area contributed by atoms with Gasteiger partial charge in [-0.2, -0.15) is 0 Å². The molecule has 64 valence electrons. The van der Waals surface area contributed by atoms with Gasteiger partial charge in [0.25, 0.3) is 6.47 Å². The minimum atomic E-state index is 0.379. The zero-order chi connectivity index (χ0) is 9.14. The molecular weight excluding hydrogens is 176 g/mol. The van der Waals surface area contributed by atoms with Crippen molar-refractivity contribution in [2.45, 2.75) is 13.8 Å². The van der Waals surface area contributed by atoms with Gasteiger partial charge in [0.1, 0.15) is 0 Å². The lowest BCUT2D eigenvalue weighted by atomic mass is 10.1. The second-order valence-electron chi connectivity index (χ2n) is 2.61. The first-order valence-corrected chi connectivity index (χ1v) is 3.90. The van der Waals surface area contributed by atoms with E-state index in [2.05, 4.69) is 0 Å². The molecule has 0 spiro atoms. The van der Waals surface area contributed by atoms with E-state index in [0.29, 0.717) is 17.2 Å². The minimum absolute atomic E-state index is 0.379. The van der Waals surface area contributed by atoms with Crippen molar-refractivity contribution in [1.29, 1.82) is 0 Å². The van der Waals surface area contributed by atoms with Gasteiger partial charge in [0.05, 0.1) is 5.02 Å². The number of benzene rings is 1. The molecule has 0 aliphatic heterocycles. The van der Waals surface area contributed by atoms with Crippen molar-refractivity contribution in [3.05, 3.63) is 28.3 Å². The molecule has 0 heterocycles. The Hall–Kier alpha value is -1.02.